The number of carbonyl (C=O) groups excluding carboxylic acids is 2. The summed E-state index contributed by atoms with van der Waals surface area (Å²) in [7, 11) is -3.55. The van der Waals surface area contributed by atoms with E-state index in [4.69, 9.17) is 23.2 Å². The fourth-order valence-corrected chi connectivity index (χ4v) is 5.36. The molecule has 2 heterocycles. The quantitative estimate of drug-likeness (QED) is 0.204. The monoisotopic (exact) mass is 606 g/mol. The number of nitro groups is 1. The van der Waals surface area contributed by atoms with Crippen molar-refractivity contribution in [3.63, 3.8) is 0 Å². The molecule has 0 spiro atoms. The Morgan fingerprint density at radius 2 is 1.93 bits per heavy atom. The topological polar surface area (TPSA) is 184 Å². The summed E-state index contributed by atoms with van der Waals surface area (Å²) in [5.41, 5.74) is -0.433. The van der Waals surface area contributed by atoms with Gasteiger partial charge in [0.1, 0.15) is 6.04 Å². The van der Waals surface area contributed by atoms with Crippen molar-refractivity contribution in [1.82, 2.24) is 10.3 Å². The number of halogens is 2. The van der Waals surface area contributed by atoms with Crippen LogP contribution in [-0.2, 0) is 14.9 Å². The molecular formula is C24H20Cl2N6O7S. The maximum atomic E-state index is 13.7. The summed E-state index contributed by atoms with van der Waals surface area (Å²) in [6, 6.07) is 8.13. The number of carbonyl (C=O) groups is 2. The number of aryl methyl sites for hydroxylation is 1. The number of anilines is 2. The lowest BCUT2D eigenvalue weighted by Crippen LogP contribution is -2.39. The second-order valence-electron chi connectivity index (χ2n) is 8.52. The summed E-state index contributed by atoms with van der Waals surface area (Å²) in [5, 5.41) is 23.0. The highest BCUT2D eigenvalue weighted by Gasteiger charge is 2.39. The fourth-order valence-electron chi connectivity index (χ4n) is 4.20. The zero-order valence-electron chi connectivity index (χ0n) is 20.8. The number of nitrogens with zero attached hydrogens (tertiary/aromatic N) is 4. The number of hydrazone groups is 1. The molecule has 0 saturated carbocycles. The average Bonchev–Trinajstić information content (AvgIpc) is 3.34. The highest BCUT2D eigenvalue weighted by atomic mass is 35.5. The van der Waals surface area contributed by atoms with Crippen LogP contribution in [0, 0.1) is 17.0 Å². The molecule has 0 bridgehead atoms. The van der Waals surface area contributed by atoms with Crippen LogP contribution in [0.3, 0.4) is 0 Å². The van der Waals surface area contributed by atoms with Gasteiger partial charge in [-0.2, -0.15) is 13.5 Å². The number of hydrogen-bond acceptors (Lipinski definition) is 9. The Morgan fingerprint density at radius 3 is 2.55 bits per heavy atom. The lowest BCUT2D eigenvalue weighted by atomic mass is 10.0. The summed E-state index contributed by atoms with van der Waals surface area (Å²) in [6.07, 6.45) is 1.15. The van der Waals surface area contributed by atoms with Crippen molar-refractivity contribution in [2.24, 2.45) is 5.10 Å². The molecule has 1 atom stereocenters. The molecule has 3 aromatic rings. The van der Waals surface area contributed by atoms with Gasteiger partial charge in [-0.1, -0.05) is 29.3 Å². The summed E-state index contributed by atoms with van der Waals surface area (Å²) in [4.78, 5) is 40.4. The third kappa shape index (κ3) is 5.60. The van der Waals surface area contributed by atoms with Crippen LogP contribution < -0.4 is 15.6 Å². The van der Waals surface area contributed by atoms with Gasteiger partial charge in [0.15, 0.2) is 10.7 Å². The molecule has 3 N–H and O–H groups in total. The lowest BCUT2D eigenvalue weighted by Gasteiger charge is -2.23. The number of pyridine rings is 1. The Hall–Kier alpha value is -4.11. The molecule has 0 radical (unpaired) electrons. The highest BCUT2D eigenvalue weighted by molar-refractivity contribution is 7.86. The van der Waals surface area contributed by atoms with E-state index in [2.05, 4.69) is 20.7 Å². The first-order valence-electron chi connectivity index (χ1n) is 11.4. The van der Waals surface area contributed by atoms with E-state index in [0.29, 0.717) is 5.56 Å². The zero-order valence-corrected chi connectivity index (χ0v) is 23.1. The number of para-hydroxylation sites is 1. The molecule has 2 amide bonds. The summed E-state index contributed by atoms with van der Waals surface area (Å²) in [5.74, 6) is -1.14. The summed E-state index contributed by atoms with van der Waals surface area (Å²) < 4.78 is 33.3. The Labute approximate surface area is 237 Å². The van der Waals surface area contributed by atoms with Crippen molar-refractivity contribution in [1.29, 1.82) is 0 Å². The molecular weight excluding hydrogens is 587 g/mol. The van der Waals surface area contributed by atoms with Gasteiger partial charge in [0.2, 0.25) is 5.91 Å². The van der Waals surface area contributed by atoms with Gasteiger partial charge < -0.3 is 10.6 Å². The first-order chi connectivity index (χ1) is 18.8. The van der Waals surface area contributed by atoms with E-state index in [1.165, 1.54) is 37.5 Å². The minimum atomic E-state index is -4.97. The molecule has 2 aromatic carbocycles. The minimum absolute atomic E-state index is 0.0431. The van der Waals surface area contributed by atoms with Gasteiger partial charge in [-0.05, 0) is 48.9 Å². The standard InChI is InChI=1S/C24H20Cl2N6O7S/c1-12-9-13(25)10-15(23(33)27-2)20(12)29-24(34)18-11-17(30-31(18)22-16(26)6-4-8-28-22)14-5-3-7-19(40(37,38)39)21(14)32(35)36/h3-10,18H,11H2,1-2H3,(H,27,33)(H,29,34)(H,37,38,39). The van der Waals surface area contributed by atoms with Crippen LogP contribution in [0.25, 0.3) is 0 Å². The molecule has 0 saturated heterocycles. The highest BCUT2D eigenvalue weighted by Crippen LogP contribution is 2.36. The molecule has 0 fully saturated rings. The van der Waals surface area contributed by atoms with E-state index < -0.39 is 43.5 Å². The lowest BCUT2D eigenvalue weighted by molar-refractivity contribution is -0.388. The molecule has 4 rings (SSSR count). The molecule has 1 aromatic heterocycles. The number of amides is 2. The van der Waals surface area contributed by atoms with Crippen molar-refractivity contribution in [2.45, 2.75) is 24.3 Å². The third-order valence-corrected chi connectivity index (χ3v) is 7.36. The van der Waals surface area contributed by atoms with E-state index in [1.54, 1.807) is 19.1 Å². The number of nitro benzene ring substituents is 1. The normalized spacial score (nSPS) is 15.0. The van der Waals surface area contributed by atoms with Crippen LogP contribution in [0.1, 0.15) is 27.9 Å². The minimum Gasteiger partial charge on any atom is -0.355 e. The number of nitrogens with one attached hydrogen (secondary N) is 2. The van der Waals surface area contributed by atoms with Gasteiger partial charge in [-0.25, -0.2) is 9.99 Å². The van der Waals surface area contributed by atoms with Gasteiger partial charge in [-0.3, -0.25) is 24.3 Å². The molecule has 0 aliphatic carbocycles. The van der Waals surface area contributed by atoms with Crippen LogP contribution in [0.4, 0.5) is 17.2 Å². The Balaban J connectivity index is 1.83. The second-order valence-corrected chi connectivity index (χ2v) is 10.8. The van der Waals surface area contributed by atoms with E-state index >= 15 is 0 Å². The SMILES string of the molecule is CNC(=O)c1cc(Cl)cc(C)c1NC(=O)C1CC(c2cccc(S(=O)(=O)O)c2[N+](=O)[O-])=NN1c1ncccc1Cl. The van der Waals surface area contributed by atoms with Gasteiger partial charge in [-0.15, -0.1) is 0 Å². The first-order valence-corrected chi connectivity index (χ1v) is 13.6. The van der Waals surface area contributed by atoms with Crippen LogP contribution in [0.2, 0.25) is 10.0 Å². The molecule has 208 valence electrons. The van der Waals surface area contributed by atoms with Crippen LogP contribution >= 0.6 is 23.2 Å². The fraction of sp³-hybridized carbons (Fsp3) is 0.167. The largest absolute Gasteiger partial charge is 0.355 e. The summed E-state index contributed by atoms with van der Waals surface area (Å²) in [6.45, 7) is 1.64. The Bertz CT molecular complexity index is 1700. The van der Waals surface area contributed by atoms with Crippen molar-refractivity contribution in [2.75, 3.05) is 17.4 Å². The Morgan fingerprint density at radius 1 is 1.20 bits per heavy atom. The van der Waals surface area contributed by atoms with Crippen LogP contribution in [-0.4, -0.2) is 53.5 Å². The van der Waals surface area contributed by atoms with E-state index in [1.807, 2.05) is 0 Å². The van der Waals surface area contributed by atoms with E-state index in [0.717, 1.165) is 11.1 Å². The molecule has 1 aliphatic heterocycles. The maximum absolute atomic E-state index is 13.7. The number of rotatable bonds is 7. The van der Waals surface area contributed by atoms with Gasteiger partial charge in [0.05, 0.1) is 32.5 Å². The van der Waals surface area contributed by atoms with E-state index in [9.17, 15) is 32.7 Å². The third-order valence-electron chi connectivity index (χ3n) is 5.96. The number of benzene rings is 2. The predicted octanol–water partition coefficient (Wildman–Crippen LogP) is 3.83. The molecule has 13 nitrogen and oxygen atoms in total. The van der Waals surface area contributed by atoms with Gasteiger partial charge >= 0.3 is 10.1 Å². The molecule has 40 heavy (non-hydrogen) atoms. The van der Waals surface area contributed by atoms with E-state index in [-0.39, 0.29) is 44.8 Å². The number of aromatic nitrogens is 1. The number of hydrogen-bond donors (Lipinski definition) is 3. The molecule has 1 aliphatic rings. The average molecular weight is 607 g/mol. The zero-order chi connectivity index (χ0) is 29.4. The van der Waals surface area contributed by atoms with Gasteiger partial charge in [0.25, 0.3) is 11.6 Å². The first kappa shape index (κ1) is 28.9. The summed E-state index contributed by atoms with van der Waals surface area (Å²) >= 11 is 12.5. The van der Waals surface area contributed by atoms with Crippen molar-refractivity contribution in [3.05, 3.63) is 85.5 Å². The smallest absolute Gasteiger partial charge is 0.301 e. The molecule has 1 unspecified atom stereocenters. The van der Waals surface area contributed by atoms with Crippen molar-refractivity contribution < 1.29 is 27.5 Å². The van der Waals surface area contributed by atoms with Crippen LogP contribution in [0.5, 0.6) is 0 Å². The van der Waals surface area contributed by atoms with Crippen molar-refractivity contribution >= 4 is 68.0 Å². The van der Waals surface area contributed by atoms with Crippen molar-refractivity contribution in [3.8, 4) is 0 Å². The Kier molecular flexibility index (Phi) is 8.07. The predicted molar refractivity (Wildman–Crippen MR) is 148 cm³/mol. The van der Waals surface area contributed by atoms with Gasteiger partial charge in [0, 0.05) is 24.7 Å². The molecule has 16 heteroatoms. The second kappa shape index (κ2) is 11.2. The maximum Gasteiger partial charge on any atom is 0.301 e. The van der Waals surface area contributed by atoms with Crippen LogP contribution in [0.15, 0.2) is 58.7 Å².